The van der Waals surface area contributed by atoms with E-state index in [4.69, 9.17) is 28.9 Å². The molecule has 0 atom stereocenters. The van der Waals surface area contributed by atoms with Crippen molar-refractivity contribution in [3.8, 4) is 0 Å². The number of halogens is 2. The van der Waals surface area contributed by atoms with Crippen molar-refractivity contribution >= 4 is 72.9 Å². The Bertz CT molecular complexity index is 1140. The molecule has 0 amide bonds. The molecule has 27 heavy (non-hydrogen) atoms. The molecule has 0 fully saturated rings. The van der Waals surface area contributed by atoms with Crippen LogP contribution in [0.3, 0.4) is 0 Å². The summed E-state index contributed by atoms with van der Waals surface area (Å²) in [6.45, 7) is 2.03. The van der Waals surface area contributed by atoms with Crippen LogP contribution >= 0.6 is 34.5 Å². The van der Waals surface area contributed by atoms with E-state index in [1.54, 1.807) is 18.2 Å². The number of nitrogens with zero attached hydrogens (tertiary/aromatic N) is 3. The summed E-state index contributed by atoms with van der Waals surface area (Å²) in [6, 6.07) is 11.2. The number of nitrogens with two attached hydrogens (primary N) is 1. The molecule has 4 aromatic rings. The molecule has 0 unspecified atom stereocenters. The minimum absolute atomic E-state index is 0.351. The first-order valence-corrected chi connectivity index (χ1v) is 9.54. The highest BCUT2D eigenvalue weighted by atomic mass is 35.5. The molecular weight excluding hydrogens is 403 g/mol. The van der Waals surface area contributed by atoms with Gasteiger partial charge in [0.1, 0.15) is 12.0 Å². The van der Waals surface area contributed by atoms with Crippen molar-refractivity contribution in [2.45, 2.75) is 6.92 Å². The van der Waals surface area contributed by atoms with Crippen LogP contribution in [0.1, 0.15) is 5.56 Å². The lowest BCUT2D eigenvalue weighted by Crippen LogP contribution is -2.05. The van der Waals surface area contributed by atoms with Gasteiger partial charge in [0.15, 0.2) is 16.8 Å². The molecule has 2 aromatic carbocycles. The lowest BCUT2D eigenvalue weighted by molar-refractivity contribution is 1.17. The number of anilines is 5. The van der Waals surface area contributed by atoms with Gasteiger partial charge in [0.05, 0.1) is 20.9 Å². The second-order valence-electron chi connectivity index (χ2n) is 5.80. The Morgan fingerprint density at radius 2 is 1.81 bits per heavy atom. The van der Waals surface area contributed by atoms with Gasteiger partial charge in [-0.2, -0.15) is 0 Å². The van der Waals surface area contributed by atoms with Crippen LogP contribution in [-0.4, -0.2) is 15.0 Å². The van der Waals surface area contributed by atoms with E-state index in [1.165, 1.54) is 17.7 Å². The Balaban J connectivity index is 1.65. The zero-order chi connectivity index (χ0) is 19.0. The molecule has 2 heterocycles. The number of para-hydroxylation sites is 1. The summed E-state index contributed by atoms with van der Waals surface area (Å²) in [6.07, 6.45) is 1.41. The van der Waals surface area contributed by atoms with Crippen molar-refractivity contribution in [2.24, 2.45) is 0 Å². The second-order valence-corrected chi connectivity index (χ2v) is 7.67. The molecule has 0 aliphatic heterocycles. The van der Waals surface area contributed by atoms with E-state index in [-0.39, 0.29) is 0 Å². The average molecular weight is 417 g/mol. The Labute approximate surface area is 169 Å². The predicted molar refractivity (Wildman–Crippen MR) is 114 cm³/mol. The summed E-state index contributed by atoms with van der Waals surface area (Å²) in [5.74, 6) is 0.885. The standard InChI is InChI=1S/C18H14Cl2N6S/c1-9-3-2-4-13-15(9)25-18(27-13)26-17-14(21)16(22-8-23-17)24-12-7-10(19)5-6-11(12)20/h2-8H,21H2,1H3,(H2,22,23,24,25,26). The third-order valence-electron chi connectivity index (χ3n) is 3.91. The molecule has 6 nitrogen and oxygen atoms in total. The average Bonchev–Trinajstić information content (AvgIpc) is 3.05. The number of nitrogens with one attached hydrogen (secondary N) is 2. The maximum absolute atomic E-state index is 6.24. The molecule has 4 rings (SSSR count). The van der Waals surface area contributed by atoms with E-state index < -0.39 is 0 Å². The van der Waals surface area contributed by atoms with Crippen LogP contribution in [0.25, 0.3) is 10.2 Å². The second kappa shape index (κ2) is 7.19. The molecule has 0 aliphatic carbocycles. The van der Waals surface area contributed by atoms with Gasteiger partial charge in [0.25, 0.3) is 0 Å². The van der Waals surface area contributed by atoms with Gasteiger partial charge in [-0.1, -0.05) is 46.7 Å². The summed E-state index contributed by atoms with van der Waals surface area (Å²) < 4.78 is 1.09. The number of hydrogen-bond donors (Lipinski definition) is 3. The van der Waals surface area contributed by atoms with Gasteiger partial charge >= 0.3 is 0 Å². The van der Waals surface area contributed by atoms with Crippen molar-refractivity contribution in [3.63, 3.8) is 0 Å². The summed E-state index contributed by atoms with van der Waals surface area (Å²) in [5.41, 5.74) is 9.28. The normalized spacial score (nSPS) is 10.9. The van der Waals surface area contributed by atoms with Crippen LogP contribution in [-0.2, 0) is 0 Å². The minimum Gasteiger partial charge on any atom is -0.393 e. The summed E-state index contributed by atoms with van der Waals surface area (Å²) in [7, 11) is 0. The summed E-state index contributed by atoms with van der Waals surface area (Å²) in [5, 5.41) is 8.03. The number of aryl methyl sites for hydroxylation is 1. The zero-order valence-electron chi connectivity index (χ0n) is 14.1. The molecule has 0 spiro atoms. The largest absolute Gasteiger partial charge is 0.393 e. The Morgan fingerprint density at radius 3 is 2.59 bits per heavy atom. The Morgan fingerprint density at radius 1 is 1.04 bits per heavy atom. The third kappa shape index (κ3) is 3.62. The van der Waals surface area contributed by atoms with Crippen LogP contribution in [0.5, 0.6) is 0 Å². The van der Waals surface area contributed by atoms with Gasteiger partial charge in [-0.05, 0) is 36.8 Å². The van der Waals surface area contributed by atoms with Crippen LogP contribution in [0, 0.1) is 6.92 Å². The van der Waals surface area contributed by atoms with Crippen molar-refractivity contribution < 1.29 is 0 Å². The van der Waals surface area contributed by atoms with Crippen molar-refractivity contribution in [1.29, 1.82) is 0 Å². The van der Waals surface area contributed by atoms with E-state index in [0.717, 1.165) is 15.8 Å². The lowest BCUT2D eigenvalue weighted by Gasteiger charge is -2.12. The van der Waals surface area contributed by atoms with Crippen molar-refractivity contribution in [3.05, 3.63) is 58.3 Å². The summed E-state index contributed by atoms with van der Waals surface area (Å²) >= 11 is 13.8. The highest BCUT2D eigenvalue weighted by Crippen LogP contribution is 2.34. The number of hydrogen-bond acceptors (Lipinski definition) is 7. The van der Waals surface area contributed by atoms with E-state index in [1.807, 2.05) is 25.1 Å². The Hall–Kier alpha value is -2.61. The van der Waals surface area contributed by atoms with Gasteiger partial charge in [0, 0.05) is 5.02 Å². The van der Waals surface area contributed by atoms with Crippen LogP contribution in [0.4, 0.5) is 28.1 Å². The first-order chi connectivity index (χ1) is 13.0. The molecule has 9 heteroatoms. The van der Waals surface area contributed by atoms with Gasteiger partial charge < -0.3 is 16.4 Å². The van der Waals surface area contributed by atoms with E-state index in [2.05, 4.69) is 25.6 Å². The molecule has 4 N–H and O–H groups in total. The fourth-order valence-electron chi connectivity index (χ4n) is 2.56. The monoisotopic (exact) mass is 416 g/mol. The fraction of sp³-hybridized carbons (Fsp3) is 0.0556. The highest BCUT2D eigenvalue weighted by Gasteiger charge is 2.13. The lowest BCUT2D eigenvalue weighted by atomic mass is 10.2. The van der Waals surface area contributed by atoms with E-state index in [0.29, 0.717) is 38.2 Å². The quantitative estimate of drug-likeness (QED) is 0.391. The molecule has 0 saturated carbocycles. The number of fused-ring (bicyclic) bond motifs is 1. The van der Waals surface area contributed by atoms with E-state index in [9.17, 15) is 0 Å². The van der Waals surface area contributed by atoms with Gasteiger partial charge in [-0.3, -0.25) is 0 Å². The molecule has 136 valence electrons. The van der Waals surface area contributed by atoms with Gasteiger partial charge in [0.2, 0.25) is 0 Å². The number of benzene rings is 2. The molecular formula is C18H14Cl2N6S. The highest BCUT2D eigenvalue weighted by molar-refractivity contribution is 7.22. The van der Waals surface area contributed by atoms with Crippen LogP contribution in [0.15, 0.2) is 42.7 Å². The molecule has 0 saturated heterocycles. The predicted octanol–water partition coefficient (Wildman–Crippen LogP) is 5.77. The van der Waals surface area contributed by atoms with Crippen molar-refractivity contribution in [2.75, 3.05) is 16.4 Å². The van der Waals surface area contributed by atoms with Crippen molar-refractivity contribution in [1.82, 2.24) is 15.0 Å². The number of aromatic nitrogens is 3. The third-order valence-corrected chi connectivity index (χ3v) is 5.41. The smallest absolute Gasteiger partial charge is 0.189 e. The maximum atomic E-state index is 6.24. The molecule has 2 aromatic heterocycles. The Kier molecular flexibility index (Phi) is 4.73. The SMILES string of the molecule is Cc1cccc2sc(Nc3ncnc(Nc4cc(Cl)ccc4Cl)c3N)nc12. The van der Waals surface area contributed by atoms with Gasteiger partial charge in [-0.15, -0.1) is 0 Å². The van der Waals surface area contributed by atoms with Gasteiger partial charge in [-0.25, -0.2) is 15.0 Å². The number of thiazole rings is 1. The van der Waals surface area contributed by atoms with Crippen LogP contribution in [0.2, 0.25) is 10.0 Å². The zero-order valence-corrected chi connectivity index (χ0v) is 16.5. The molecule has 0 aliphatic rings. The number of rotatable bonds is 4. The fourth-order valence-corrected chi connectivity index (χ4v) is 3.84. The minimum atomic E-state index is 0.351. The first-order valence-electron chi connectivity index (χ1n) is 7.97. The first kappa shape index (κ1) is 17.8. The van der Waals surface area contributed by atoms with Crippen LogP contribution < -0.4 is 16.4 Å². The summed E-state index contributed by atoms with van der Waals surface area (Å²) in [4.78, 5) is 13.0. The molecule has 0 bridgehead atoms. The number of nitrogen functional groups attached to an aromatic ring is 1. The topological polar surface area (TPSA) is 88.8 Å². The maximum Gasteiger partial charge on any atom is 0.189 e. The molecule has 0 radical (unpaired) electrons. The van der Waals surface area contributed by atoms with E-state index >= 15 is 0 Å².